The minimum absolute atomic E-state index is 0.139. The molecule has 0 aliphatic carbocycles. The Balaban J connectivity index is 1.21. The SMILES string of the molecule is COc1ccc2nccc(N3CC(N(C)CC4CN(c5ccccc5)C(=O)O4)C3)c2n1. The Labute approximate surface area is 181 Å². The molecule has 2 fully saturated rings. The lowest BCUT2D eigenvalue weighted by Gasteiger charge is -2.45. The van der Waals surface area contributed by atoms with E-state index in [-0.39, 0.29) is 12.2 Å². The highest BCUT2D eigenvalue weighted by atomic mass is 16.6. The molecule has 0 N–H and O–H groups in total. The van der Waals surface area contributed by atoms with E-state index in [1.54, 1.807) is 12.0 Å². The molecule has 4 heterocycles. The topological polar surface area (TPSA) is 71.0 Å². The van der Waals surface area contributed by atoms with Gasteiger partial charge in [0.15, 0.2) is 0 Å². The molecule has 2 aliphatic rings. The normalized spacial score (nSPS) is 19.1. The van der Waals surface area contributed by atoms with Gasteiger partial charge in [-0.05, 0) is 31.3 Å². The number of likely N-dealkylation sites (N-methyl/N-ethyl adjacent to an activating group) is 1. The highest BCUT2D eigenvalue weighted by Crippen LogP contribution is 2.30. The summed E-state index contributed by atoms with van der Waals surface area (Å²) in [5.74, 6) is 0.585. The number of aromatic nitrogens is 2. The maximum atomic E-state index is 12.3. The third-order valence-corrected chi connectivity index (χ3v) is 6.01. The number of ether oxygens (including phenoxy) is 2. The molecule has 1 atom stereocenters. The van der Waals surface area contributed by atoms with Crippen LogP contribution in [0.2, 0.25) is 0 Å². The molecule has 31 heavy (non-hydrogen) atoms. The first-order valence-electron chi connectivity index (χ1n) is 10.4. The van der Waals surface area contributed by atoms with Crippen LogP contribution in [0, 0.1) is 0 Å². The van der Waals surface area contributed by atoms with E-state index < -0.39 is 0 Å². The highest BCUT2D eigenvalue weighted by Gasteiger charge is 2.37. The number of rotatable bonds is 6. The van der Waals surface area contributed by atoms with Gasteiger partial charge in [0.1, 0.15) is 11.6 Å². The zero-order valence-corrected chi connectivity index (χ0v) is 17.6. The van der Waals surface area contributed by atoms with Gasteiger partial charge in [-0.25, -0.2) is 9.78 Å². The summed E-state index contributed by atoms with van der Waals surface area (Å²) < 4.78 is 10.9. The first-order valence-corrected chi connectivity index (χ1v) is 10.4. The van der Waals surface area contributed by atoms with Gasteiger partial charge in [-0.2, -0.15) is 0 Å². The van der Waals surface area contributed by atoms with Crippen molar-refractivity contribution in [3.63, 3.8) is 0 Å². The standard InChI is InChI=1S/C23H25N5O3/c1-26(14-18-15-28(23(29)31-18)16-6-4-3-5-7-16)17-12-27(13-17)20-10-11-24-19-8-9-21(30-2)25-22(19)20/h3-11,17-18H,12-15H2,1-2H3. The van der Waals surface area contributed by atoms with E-state index in [1.807, 2.05) is 54.7 Å². The van der Waals surface area contributed by atoms with Crippen molar-refractivity contribution in [3.8, 4) is 5.88 Å². The van der Waals surface area contributed by atoms with Crippen LogP contribution in [-0.2, 0) is 4.74 Å². The van der Waals surface area contributed by atoms with E-state index in [9.17, 15) is 4.79 Å². The van der Waals surface area contributed by atoms with Crippen LogP contribution >= 0.6 is 0 Å². The van der Waals surface area contributed by atoms with Crippen molar-refractivity contribution in [3.05, 3.63) is 54.7 Å². The monoisotopic (exact) mass is 419 g/mol. The van der Waals surface area contributed by atoms with Crippen molar-refractivity contribution >= 4 is 28.5 Å². The van der Waals surface area contributed by atoms with Crippen LogP contribution in [0.4, 0.5) is 16.2 Å². The fraction of sp³-hybridized carbons (Fsp3) is 0.348. The molecule has 0 radical (unpaired) electrons. The molecule has 5 rings (SSSR count). The van der Waals surface area contributed by atoms with E-state index in [0.29, 0.717) is 25.0 Å². The summed E-state index contributed by atoms with van der Waals surface area (Å²) in [6.07, 6.45) is 1.40. The van der Waals surface area contributed by atoms with E-state index in [0.717, 1.165) is 35.5 Å². The molecule has 8 nitrogen and oxygen atoms in total. The summed E-state index contributed by atoms with van der Waals surface area (Å²) in [6.45, 7) is 3.05. The quantitative estimate of drug-likeness (QED) is 0.608. The van der Waals surface area contributed by atoms with Crippen LogP contribution in [0.3, 0.4) is 0 Å². The Morgan fingerprint density at radius 2 is 1.94 bits per heavy atom. The van der Waals surface area contributed by atoms with Gasteiger partial charge in [-0.3, -0.25) is 14.8 Å². The van der Waals surface area contributed by atoms with Gasteiger partial charge in [-0.15, -0.1) is 0 Å². The largest absolute Gasteiger partial charge is 0.481 e. The zero-order valence-electron chi connectivity index (χ0n) is 17.6. The third kappa shape index (κ3) is 3.74. The van der Waals surface area contributed by atoms with Gasteiger partial charge in [-0.1, -0.05) is 18.2 Å². The predicted molar refractivity (Wildman–Crippen MR) is 119 cm³/mol. The Morgan fingerprint density at radius 3 is 2.71 bits per heavy atom. The van der Waals surface area contributed by atoms with Gasteiger partial charge in [0, 0.05) is 43.6 Å². The molecule has 1 unspecified atom stereocenters. The predicted octanol–water partition coefficient (Wildman–Crippen LogP) is 2.78. The summed E-state index contributed by atoms with van der Waals surface area (Å²) >= 11 is 0. The van der Waals surface area contributed by atoms with Crippen molar-refractivity contribution in [2.24, 2.45) is 0 Å². The maximum Gasteiger partial charge on any atom is 0.414 e. The molecular weight excluding hydrogens is 394 g/mol. The number of para-hydroxylation sites is 1. The number of amides is 1. The van der Waals surface area contributed by atoms with Gasteiger partial charge >= 0.3 is 6.09 Å². The van der Waals surface area contributed by atoms with Gasteiger partial charge in [0.25, 0.3) is 0 Å². The fourth-order valence-electron chi connectivity index (χ4n) is 4.20. The molecule has 0 bridgehead atoms. The summed E-state index contributed by atoms with van der Waals surface area (Å²) in [5, 5.41) is 0. The number of cyclic esters (lactones) is 1. The average Bonchev–Trinajstić information content (AvgIpc) is 3.13. The van der Waals surface area contributed by atoms with Gasteiger partial charge in [0.05, 0.1) is 24.9 Å². The number of pyridine rings is 2. The number of benzene rings is 1. The number of nitrogens with zero attached hydrogens (tertiary/aromatic N) is 5. The molecule has 2 aliphatic heterocycles. The van der Waals surface area contributed by atoms with Gasteiger partial charge < -0.3 is 14.4 Å². The number of fused-ring (bicyclic) bond motifs is 1. The molecule has 1 aromatic carbocycles. The van der Waals surface area contributed by atoms with Crippen molar-refractivity contribution in [2.75, 3.05) is 50.1 Å². The first-order chi connectivity index (χ1) is 15.1. The second kappa shape index (κ2) is 8.03. The van der Waals surface area contributed by atoms with Crippen molar-refractivity contribution in [1.82, 2.24) is 14.9 Å². The Hall–Kier alpha value is -3.39. The summed E-state index contributed by atoms with van der Waals surface area (Å²) in [7, 11) is 3.71. The molecule has 3 aromatic rings. The molecule has 8 heteroatoms. The second-order valence-corrected chi connectivity index (χ2v) is 8.00. The number of methoxy groups -OCH3 is 1. The molecule has 1 amide bonds. The number of carbonyl (C=O) groups excluding carboxylic acids is 1. The molecule has 2 saturated heterocycles. The van der Waals surface area contributed by atoms with Crippen LogP contribution < -0.4 is 14.5 Å². The molecule has 0 spiro atoms. The average molecular weight is 419 g/mol. The lowest BCUT2D eigenvalue weighted by Crippen LogP contribution is -2.59. The molecule has 0 saturated carbocycles. The smallest absolute Gasteiger partial charge is 0.414 e. The second-order valence-electron chi connectivity index (χ2n) is 8.00. The van der Waals surface area contributed by atoms with E-state index in [2.05, 4.69) is 26.8 Å². The molecule has 160 valence electrons. The van der Waals surface area contributed by atoms with Crippen LogP contribution in [0.15, 0.2) is 54.7 Å². The summed E-state index contributed by atoms with van der Waals surface area (Å²) in [5.41, 5.74) is 3.65. The lowest BCUT2D eigenvalue weighted by atomic mass is 10.1. The van der Waals surface area contributed by atoms with Crippen LogP contribution in [0.25, 0.3) is 11.0 Å². The van der Waals surface area contributed by atoms with Crippen LogP contribution in [0.5, 0.6) is 5.88 Å². The number of hydrogen-bond acceptors (Lipinski definition) is 7. The lowest BCUT2D eigenvalue weighted by molar-refractivity contribution is 0.0957. The summed E-state index contributed by atoms with van der Waals surface area (Å²) in [4.78, 5) is 27.6. The zero-order chi connectivity index (χ0) is 21.4. The highest BCUT2D eigenvalue weighted by molar-refractivity contribution is 5.90. The van der Waals surface area contributed by atoms with Crippen LogP contribution in [0.1, 0.15) is 0 Å². The van der Waals surface area contributed by atoms with Crippen molar-refractivity contribution in [2.45, 2.75) is 12.1 Å². The molecular formula is C23H25N5O3. The summed E-state index contributed by atoms with van der Waals surface area (Å²) in [6, 6.07) is 15.8. The minimum Gasteiger partial charge on any atom is -0.481 e. The van der Waals surface area contributed by atoms with Crippen molar-refractivity contribution in [1.29, 1.82) is 0 Å². The minimum atomic E-state index is -0.275. The Bertz CT molecular complexity index is 1090. The first kappa shape index (κ1) is 19.6. The Morgan fingerprint density at radius 1 is 1.13 bits per heavy atom. The van der Waals surface area contributed by atoms with E-state index >= 15 is 0 Å². The van der Waals surface area contributed by atoms with E-state index in [1.165, 1.54) is 0 Å². The van der Waals surface area contributed by atoms with Crippen LogP contribution in [-0.4, -0.2) is 73.4 Å². The van der Waals surface area contributed by atoms with Gasteiger partial charge in [0.2, 0.25) is 5.88 Å². The number of anilines is 2. The Kier molecular flexibility index (Phi) is 5.07. The molecule has 2 aromatic heterocycles. The number of carbonyl (C=O) groups is 1. The fourth-order valence-corrected chi connectivity index (χ4v) is 4.20. The maximum absolute atomic E-state index is 12.3. The third-order valence-electron chi connectivity index (χ3n) is 6.01. The van der Waals surface area contributed by atoms with Crippen molar-refractivity contribution < 1.29 is 14.3 Å². The van der Waals surface area contributed by atoms with E-state index in [4.69, 9.17) is 9.47 Å². The number of hydrogen-bond donors (Lipinski definition) is 0.